The summed E-state index contributed by atoms with van der Waals surface area (Å²) in [6.45, 7) is 2.04. The molecule has 0 saturated heterocycles. The number of nitrogens with zero attached hydrogens (tertiary/aromatic N) is 1. The third-order valence-electron chi connectivity index (χ3n) is 4.32. The number of esters is 1. The second-order valence-electron chi connectivity index (χ2n) is 6.83. The van der Waals surface area contributed by atoms with E-state index in [1.165, 1.54) is 37.6 Å². The third-order valence-corrected chi connectivity index (χ3v) is 4.32. The molecular formula is C24H22FN3O4. The number of anilines is 1. The molecule has 164 valence electrons. The second kappa shape index (κ2) is 10.7. The fourth-order valence-corrected chi connectivity index (χ4v) is 2.78. The summed E-state index contributed by atoms with van der Waals surface area (Å²) < 4.78 is 23.9. The van der Waals surface area contributed by atoms with Crippen LogP contribution in [0.2, 0.25) is 0 Å². The maximum Gasteiger partial charge on any atom is 0.343 e. The van der Waals surface area contributed by atoms with Crippen molar-refractivity contribution in [3.8, 4) is 11.5 Å². The molecule has 32 heavy (non-hydrogen) atoms. The van der Waals surface area contributed by atoms with Gasteiger partial charge in [0.2, 0.25) is 0 Å². The minimum atomic E-state index is -0.711. The van der Waals surface area contributed by atoms with Crippen LogP contribution in [0.25, 0.3) is 0 Å². The smallest absolute Gasteiger partial charge is 0.343 e. The van der Waals surface area contributed by atoms with Crippen LogP contribution in [0.1, 0.15) is 21.5 Å². The van der Waals surface area contributed by atoms with E-state index in [9.17, 15) is 14.0 Å². The average molecular weight is 435 g/mol. The standard InChI is InChI=1S/C24H22FN3O4/c1-16-5-3-8-20(11-16)26-15-23(29)28-27-14-17-9-10-21(22(12-17)31-2)32-24(30)18-6-4-7-19(25)13-18/h3-14,26H,15H2,1-2H3,(H,28,29)/b27-14-. The normalized spacial score (nSPS) is 10.6. The Kier molecular flexibility index (Phi) is 7.53. The second-order valence-corrected chi connectivity index (χ2v) is 6.83. The first-order valence-electron chi connectivity index (χ1n) is 9.73. The zero-order valence-electron chi connectivity index (χ0n) is 17.6. The molecule has 3 rings (SSSR count). The fourth-order valence-electron chi connectivity index (χ4n) is 2.78. The monoisotopic (exact) mass is 435 g/mol. The molecular weight excluding hydrogens is 413 g/mol. The number of carbonyl (C=O) groups is 2. The van der Waals surface area contributed by atoms with Gasteiger partial charge in [-0.2, -0.15) is 5.10 Å². The number of ether oxygens (including phenoxy) is 2. The highest BCUT2D eigenvalue weighted by molar-refractivity contribution is 5.91. The van der Waals surface area contributed by atoms with Crippen molar-refractivity contribution in [1.29, 1.82) is 0 Å². The quantitative estimate of drug-likeness (QED) is 0.242. The van der Waals surface area contributed by atoms with Gasteiger partial charge in [-0.05, 0) is 66.6 Å². The fraction of sp³-hybridized carbons (Fsp3) is 0.125. The molecule has 0 aliphatic rings. The Hall–Kier alpha value is -4.20. The van der Waals surface area contributed by atoms with E-state index in [0.717, 1.165) is 17.3 Å². The van der Waals surface area contributed by atoms with Gasteiger partial charge in [-0.15, -0.1) is 0 Å². The van der Waals surface area contributed by atoms with Crippen LogP contribution in [0.5, 0.6) is 11.5 Å². The van der Waals surface area contributed by atoms with E-state index >= 15 is 0 Å². The van der Waals surface area contributed by atoms with Gasteiger partial charge in [-0.3, -0.25) is 4.79 Å². The number of benzene rings is 3. The number of hydrogen-bond donors (Lipinski definition) is 2. The molecule has 0 radical (unpaired) electrons. The number of halogens is 1. The molecule has 3 aromatic rings. The minimum Gasteiger partial charge on any atom is -0.493 e. The molecule has 0 unspecified atom stereocenters. The van der Waals surface area contributed by atoms with Crippen LogP contribution in [0.15, 0.2) is 71.8 Å². The Bertz CT molecular complexity index is 1150. The maximum absolute atomic E-state index is 13.3. The Balaban J connectivity index is 1.57. The van der Waals surface area contributed by atoms with Gasteiger partial charge in [0.25, 0.3) is 5.91 Å². The van der Waals surface area contributed by atoms with Gasteiger partial charge in [0, 0.05) is 5.69 Å². The number of rotatable bonds is 8. The van der Waals surface area contributed by atoms with Crippen LogP contribution in [0.3, 0.4) is 0 Å². The number of amides is 1. The molecule has 0 heterocycles. The lowest BCUT2D eigenvalue weighted by Crippen LogP contribution is -2.25. The summed E-state index contributed by atoms with van der Waals surface area (Å²) in [5.74, 6) is -1.10. The van der Waals surface area contributed by atoms with E-state index in [1.807, 2.05) is 31.2 Å². The molecule has 0 bridgehead atoms. The lowest BCUT2D eigenvalue weighted by Gasteiger charge is -2.10. The van der Waals surface area contributed by atoms with Crippen molar-refractivity contribution < 1.29 is 23.5 Å². The van der Waals surface area contributed by atoms with Gasteiger partial charge in [0.15, 0.2) is 11.5 Å². The molecule has 0 saturated carbocycles. The highest BCUT2D eigenvalue weighted by Gasteiger charge is 2.13. The van der Waals surface area contributed by atoms with E-state index < -0.39 is 11.8 Å². The highest BCUT2D eigenvalue weighted by Crippen LogP contribution is 2.28. The van der Waals surface area contributed by atoms with E-state index in [4.69, 9.17) is 9.47 Å². The first-order valence-corrected chi connectivity index (χ1v) is 9.73. The summed E-state index contributed by atoms with van der Waals surface area (Å²) in [5.41, 5.74) is 5.06. The number of hydrogen-bond acceptors (Lipinski definition) is 6. The summed E-state index contributed by atoms with van der Waals surface area (Å²) in [6, 6.07) is 17.6. The first-order chi connectivity index (χ1) is 15.4. The summed E-state index contributed by atoms with van der Waals surface area (Å²) in [5, 5.41) is 6.94. The molecule has 0 fully saturated rings. The first kappa shape index (κ1) is 22.5. The van der Waals surface area contributed by atoms with Crippen LogP contribution >= 0.6 is 0 Å². The topological polar surface area (TPSA) is 89.0 Å². The Labute approximate surface area is 184 Å². The molecule has 7 nitrogen and oxygen atoms in total. The van der Waals surface area contributed by atoms with Gasteiger partial charge in [-0.25, -0.2) is 14.6 Å². The molecule has 3 aromatic carbocycles. The third kappa shape index (κ3) is 6.40. The number of carbonyl (C=O) groups excluding carboxylic acids is 2. The molecule has 2 N–H and O–H groups in total. The lowest BCUT2D eigenvalue weighted by molar-refractivity contribution is -0.119. The number of aryl methyl sites for hydroxylation is 1. The Morgan fingerprint density at radius 1 is 1.03 bits per heavy atom. The highest BCUT2D eigenvalue weighted by atomic mass is 19.1. The number of nitrogens with one attached hydrogen (secondary N) is 2. The zero-order chi connectivity index (χ0) is 22.9. The van der Waals surface area contributed by atoms with E-state index in [2.05, 4.69) is 15.8 Å². The average Bonchev–Trinajstić information content (AvgIpc) is 2.78. The molecule has 8 heteroatoms. The van der Waals surface area contributed by atoms with Crippen LogP contribution < -0.4 is 20.2 Å². The van der Waals surface area contributed by atoms with E-state index in [0.29, 0.717) is 5.56 Å². The maximum atomic E-state index is 13.3. The van der Waals surface area contributed by atoms with E-state index in [1.54, 1.807) is 12.1 Å². The van der Waals surface area contributed by atoms with Gasteiger partial charge in [0.1, 0.15) is 5.82 Å². The summed E-state index contributed by atoms with van der Waals surface area (Å²) >= 11 is 0. The van der Waals surface area contributed by atoms with Crippen molar-refractivity contribution in [3.05, 3.63) is 89.2 Å². The molecule has 0 aromatic heterocycles. The van der Waals surface area contributed by atoms with Gasteiger partial charge >= 0.3 is 5.97 Å². The summed E-state index contributed by atoms with van der Waals surface area (Å²) in [4.78, 5) is 24.2. The van der Waals surface area contributed by atoms with Crippen molar-refractivity contribution in [3.63, 3.8) is 0 Å². The SMILES string of the molecule is COc1cc(/C=N\NC(=O)CNc2cccc(C)c2)ccc1OC(=O)c1cccc(F)c1. The van der Waals surface area contributed by atoms with Crippen molar-refractivity contribution in [1.82, 2.24) is 5.43 Å². The lowest BCUT2D eigenvalue weighted by atomic mass is 10.2. The predicted molar refractivity (Wildman–Crippen MR) is 120 cm³/mol. The molecule has 1 amide bonds. The number of hydrazone groups is 1. The van der Waals surface area contributed by atoms with Crippen LogP contribution in [-0.4, -0.2) is 31.7 Å². The van der Waals surface area contributed by atoms with E-state index in [-0.39, 0.29) is 29.5 Å². The molecule has 0 spiro atoms. The summed E-state index contributed by atoms with van der Waals surface area (Å²) in [7, 11) is 1.43. The van der Waals surface area contributed by atoms with Crippen molar-refractivity contribution >= 4 is 23.8 Å². The minimum absolute atomic E-state index is 0.0685. The largest absolute Gasteiger partial charge is 0.493 e. The summed E-state index contributed by atoms with van der Waals surface area (Å²) in [6.07, 6.45) is 1.44. The van der Waals surface area contributed by atoms with Crippen LogP contribution in [-0.2, 0) is 4.79 Å². The van der Waals surface area contributed by atoms with Crippen LogP contribution in [0.4, 0.5) is 10.1 Å². The Morgan fingerprint density at radius 2 is 1.84 bits per heavy atom. The van der Waals surface area contributed by atoms with Gasteiger partial charge in [-0.1, -0.05) is 18.2 Å². The van der Waals surface area contributed by atoms with Crippen molar-refractivity contribution in [2.75, 3.05) is 19.0 Å². The Morgan fingerprint density at radius 3 is 2.59 bits per heavy atom. The van der Waals surface area contributed by atoms with Gasteiger partial charge < -0.3 is 14.8 Å². The molecule has 0 aliphatic heterocycles. The van der Waals surface area contributed by atoms with Crippen molar-refractivity contribution in [2.24, 2.45) is 5.10 Å². The predicted octanol–water partition coefficient (Wildman–Crippen LogP) is 3.92. The van der Waals surface area contributed by atoms with Crippen LogP contribution in [0, 0.1) is 12.7 Å². The molecule has 0 aliphatic carbocycles. The zero-order valence-corrected chi connectivity index (χ0v) is 17.6. The number of methoxy groups -OCH3 is 1. The van der Waals surface area contributed by atoms with Crippen molar-refractivity contribution in [2.45, 2.75) is 6.92 Å². The van der Waals surface area contributed by atoms with Gasteiger partial charge in [0.05, 0.1) is 25.4 Å². The molecule has 0 atom stereocenters.